The minimum atomic E-state index is -2.60. The monoisotopic (exact) mass is 568 g/mol. The maximum absolute atomic E-state index is 11.6. The van der Waals surface area contributed by atoms with Crippen LogP contribution in [0.25, 0.3) is 0 Å². The molecule has 1 fully saturated rings. The molecule has 40 heavy (non-hydrogen) atoms. The Morgan fingerprint density at radius 1 is 0.775 bits per heavy atom. The topological polar surface area (TPSA) is 69.9 Å². The highest BCUT2D eigenvalue weighted by atomic mass is 28.4. The molecule has 2 aromatic rings. The minimum absolute atomic E-state index is 0.0210. The summed E-state index contributed by atoms with van der Waals surface area (Å²) in [7, 11) is -2.60. The third-order valence-corrected chi connectivity index (χ3v) is 15.5. The Balaban J connectivity index is 1.92. The number of hydrogen-bond donors (Lipinski definition) is 3. The smallest absolute Gasteiger partial charge is 0.261 e. The van der Waals surface area contributed by atoms with Crippen LogP contribution in [0.4, 0.5) is 0 Å². The number of rotatable bonds is 15. The summed E-state index contributed by atoms with van der Waals surface area (Å²) >= 11 is 0. The summed E-state index contributed by atoms with van der Waals surface area (Å²) in [5.41, 5.74) is -1.54. The second kappa shape index (κ2) is 14.1. The lowest BCUT2D eigenvalue weighted by Gasteiger charge is -2.49. The Labute approximate surface area is 245 Å². The molecule has 0 amide bonds. The van der Waals surface area contributed by atoms with Crippen LogP contribution in [0, 0.1) is 10.8 Å². The highest BCUT2D eigenvalue weighted by Crippen LogP contribution is 2.50. The fourth-order valence-electron chi connectivity index (χ4n) is 7.72. The Morgan fingerprint density at radius 3 is 1.73 bits per heavy atom. The molecule has 1 atom stereocenters. The van der Waals surface area contributed by atoms with Crippen LogP contribution in [-0.2, 0) is 4.43 Å². The summed E-state index contributed by atoms with van der Waals surface area (Å²) in [6.07, 6.45) is 10.3. The van der Waals surface area contributed by atoms with Gasteiger partial charge < -0.3 is 19.7 Å². The van der Waals surface area contributed by atoms with Crippen LogP contribution < -0.4 is 10.4 Å². The summed E-state index contributed by atoms with van der Waals surface area (Å²) in [5.74, 6) is 0. The average molecular weight is 569 g/mol. The van der Waals surface area contributed by atoms with Crippen LogP contribution >= 0.6 is 0 Å². The van der Waals surface area contributed by atoms with Gasteiger partial charge in [0.15, 0.2) is 0 Å². The molecule has 2 aromatic carbocycles. The van der Waals surface area contributed by atoms with Crippen molar-refractivity contribution in [1.82, 2.24) is 0 Å². The predicted molar refractivity (Wildman–Crippen MR) is 170 cm³/mol. The van der Waals surface area contributed by atoms with Gasteiger partial charge in [-0.3, -0.25) is 0 Å². The van der Waals surface area contributed by atoms with E-state index in [-0.39, 0.29) is 23.7 Å². The zero-order valence-corrected chi connectivity index (χ0v) is 26.9. The molecule has 0 spiro atoms. The van der Waals surface area contributed by atoms with Crippen molar-refractivity contribution in [2.75, 3.05) is 19.8 Å². The van der Waals surface area contributed by atoms with Gasteiger partial charge >= 0.3 is 0 Å². The van der Waals surface area contributed by atoms with Crippen LogP contribution in [0.1, 0.15) is 105 Å². The SMILES string of the molecule is CCC(O)(CC)C(CO)(CCO)CCC1(CCO[Si](c2ccccc2)(c2ccccc2)C(C)(C)C)CCCCC1. The first kappa shape index (κ1) is 33.0. The first-order valence-corrected chi connectivity index (χ1v) is 17.7. The Bertz CT molecular complexity index is 954. The van der Waals surface area contributed by atoms with Gasteiger partial charge in [-0.15, -0.1) is 0 Å². The molecule has 0 aliphatic heterocycles. The van der Waals surface area contributed by atoms with Crippen LogP contribution in [-0.4, -0.2) is 49.1 Å². The molecule has 3 N–H and O–H groups in total. The van der Waals surface area contributed by atoms with Gasteiger partial charge in [0.1, 0.15) is 0 Å². The van der Waals surface area contributed by atoms with E-state index < -0.39 is 19.3 Å². The first-order valence-electron chi connectivity index (χ1n) is 15.8. The fourth-order valence-corrected chi connectivity index (χ4v) is 12.3. The number of aliphatic hydroxyl groups is 3. The molecular formula is C35H56O4Si. The van der Waals surface area contributed by atoms with E-state index >= 15 is 0 Å². The summed E-state index contributed by atoms with van der Waals surface area (Å²) in [5, 5.41) is 34.8. The Hall–Kier alpha value is -1.50. The van der Waals surface area contributed by atoms with Crippen molar-refractivity contribution in [3.05, 3.63) is 60.7 Å². The number of benzene rings is 2. The second-order valence-corrected chi connectivity index (χ2v) is 17.8. The lowest BCUT2D eigenvalue weighted by atomic mass is 9.60. The highest BCUT2D eigenvalue weighted by Gasteiger charge is 2.51. The van der Waals surface area contributed by atoms with Crippen LogP contribution in [0.15, 0.2) is 60.7 Å². The van der Waals surface area contributed by atoms with E-state index in [9.17, 15) is 15.3 Å². The van der Waals surface area contributed by atoms with E-state index in [1.165, 1.54) is 29.6 Å². The van der Waals surface area contributed by atoms with Crippen molar-refractivity contribution in [2.24, 2.45) is 10.8 Å². The van der Waals surface area contributed by atoms with Crippen molar-refractivity contribution in [3.8, 4) is 0 Å². The fraction of sp³-hybridized carbons (Fsp3) is 0.657. The van der Waals surface area contributed by atoms with Gasteiger partial charge in [0.05, 0.1) is 12.2 Å². The maximum Gasteiger partial charge on any atom is 0.261 e. The highest BCUT2D eigenvalue weighted by molar-refractivity contribution is 6.99. The van der Waals surface area contributed by atoms with Crippen LogP contribution in [0.5, 0.6) is 0 Å². The number of aliphatic hydroxyl groups excluding tert-OH is 2. The summed E-state index contributed by atoms with van der Waals surface area (Å²) in [4.78, 5) is 0. The second-order valence-electron chi connectivity index (χ2n) is 13.5. The molecule has 0 saturated heterocycles. The van der Waals surface area contributed by atoms with Gasteiger partial charge in [-0.2, -0.15) is 0 Å². The molecule has 0 heterocycles. The van der Waals surface area contributed by atoms with Crippen molar-refractivity contribution in [2.45, 2.75) is 116 Å². The molecule has 0 bridgehead atoms. The molecule has 1 aliphatic rings. The molecule has 224 valence electrons. The maximum atomic E-state index is 11.6. The summed E-state index contributed by atoms with van der Waals surface area (Å²) < 4.78 is 7.31. The van der Waals surface area contributed by atoms with Crippen molar-refractivity contribution in [3.63, 3.8) is 0 Å². The van der Waals surface area contributed by atoms with Gasteiger partial charge in [-0.1, -0.05) is 115 Å². The molecule has 4 nitrogen and oxygen atoms in total. The lowest BCUT2D eigenvalue weighted by molar-refractivity contribution is -0.134. The number of hydrogen-bond acceptors (Lipinski definition) is 4. The van der Waals surface area contributed by atoms with Crippen molar-refractivity contribution < 1.29 is 19.7 Å². The average Bonchev–Trinajstić information content (AvgIpc) is 2.98. The lowest BCUT2D eigenvalue weighted by Crippen LogP contribution is -2.66. The molecule has 0 aromatic heterocycles. The zero-order chi connectivity index (χ0) is 29.3. The summed E-state index contributed by atoms with van der Waals surface area (Å²) in [6.45, 7) is 11.6. The summed E-state index contributed by atoms with van der Waals surface area (Å²) in [6, 6.07) is 21.7. The van der Waals surface area contributed by atoms with Gasteiger partial charge in [0.2, 0.25) is 0 Å². The standard InChI is InChI=1S/C35H56O4Si/c1-6-35(38,7-2)34(29-37,25-27-36)24-23-33(21-15-10-16-22-33)26-28-39-40(32(3,4)5,30-17-11-8-12-18-30)31-19-13-9-14-20-31/h8-9,11-14,17-20,36-38H,6-7,10,15-16,21-29H2,1-5H3. The van der Waals surface area contributed by atoms with E-state index in [4.69, 9.17) is 4.43 Å². The molecular weight excluding hydrogens is 512 g/mol. The quantitative estimate of drug-likeness (QED) is 0.212. The van der Waals surface area contributed by atoms with Gasteiger partial charge in [-0.25, -0.2) is 0 Å². The molecule has 0 radical (unpaired) electrons. The van der Waals surface area contributed by atoms with E-state index in [0.29, 0.717) is 25.9 Å². The molecule has 3 rings (SSSR count). The van der Waals surface area contributed by atoms with E-state index in [0.717, 1.165) is 32.1 Å². The predicted octanol–water partition coefficient (Wildman–Crippen LogP) is 6.60. The normalized spacial score (nSPS) is 17.9. The van der Waals surface area contributed by atoms with Gasteiger partial charge in [0, 0.05) is 18.6 Å². The third-order valence-electron chi connectivity index (χ3n) is 10.5. The van der Waals surface area contributed by atoms with Crippen LogP contribution in [0.3, 0.4) is 0 Å². The first-order chi connectivity index (χ1) is 19.1. The van der Waals surface area contributed by atoms with E-state index in [1.807, 2.05) is 13.8 Å². The molecule has 5 heteroatoms. The third kappa shape index (κ3) is 6.76. The van der Waals surface area contributed by atoms with Crippen molar-refractivity contribution in [1.29, 1.82) is 0 Å². The van der Waals surface area contributed by atoms with Gasteiger partial charge in [0.25, 0.3) is 8.32 Å². The van der Waals surface area contributed by atoms with E-state index in [1.54, 1.807) is 0 Å². The van der Waals surface area contributed by atoms with Crippen molar-refractivity contribution >= 4 is 18.7 Å². The zero-order valence-electron chi connectivity index (χ0n) is 25.9. The Morgan fingerprint density at radius 2 is 1.30 bits per heavy atom. The van der Waals surface area contributed by atoms with Gasteiger partial charge in [-0.05, 0) is 72.2 Å². The molecule has 1 saturated carbocycles. The Kier molecular flexibility index (Phi) is 11.6. The molecule has 1 aliphatic carbocycles. The van der Waals surface area contributed by atoms with Crippen LogP contribution in [0.2, 0.25) is 5.04 Å². The minimum Gasteiger partial charge on any atom is -0.407 e. The molecule has 1 unspecified atom stereocenters. The largest absolute Gasteiger partial charge is 0.407 e. The van der Waals surface area contributed by atoms with E-state index in [2.05, 4.69) is 81.4 Å².